The summed E-state index contributed by atoms with van der Waals surface area (Å²) in [6.45, 7) is 1.93. The van der Waals surface area contributed by atoms with Crippen LogP contribution in [0.5, 0.6) is 11.5 Å². The van der Waals surface area contributed by atoms with Crippen molar-refractivity contribution in [1.29, 1.82) is 0 Å². The molecule has 1 amide bonds. The third-order valence-corrected chi connectivity index (χ3v) is 6.86. The molecule has 0 bridgehead atoms. The summed E-state index contributed by atoms with van der Waals surface area (Å²) in [6.07, 6.45) is 1.73. The molecule has 1 aliphatic rings. The highest BCUT2D eigenvalue weighted by molar-refractivity contribution is 8.05. The number of benzene rings is 2. The van der Waals surface area contributed by atoms with Gasteiger partial charge in [0.05, 0.1) is 12.5 Å². The molecule has 152 valence electrons. The molecule has 0 saturated heterocycles. The van der Waals surface area contributed by atoms with Gasteiger partial charge in [-0.15, -0.1) is 4.57 Å². The Bertz CT molecular complexity index is 1180. The first-order chi connectivity index (χ1) is 14.5. The molecule has 30 heavy (non-hydrogen) atoms. The Kier molecular flexibility index (Phi) is 5.61. The fourth-order valence-corrected chi connectivity index (χ4v) is 5.30. The summed E-state index contributed by atoms with van der Waals surface area (Å²) in [4.78, 5) is 26.0. The first-order valence-electron chi connectivity index (χ1n) is 9.16. The van der Waals surface area contributed by atoms with Crippen LogP contribution in [0.1, 0.15) is 21.6 Å². The molecule has 0 radical (unpaired) electrons. The van der Waals surface area contributed by atoms with Crippen molar-refractivity contribution in [2.75, 3.05) is 12.4 Å². The molecule has 0 unspecified atom stereocenters. The molecule has 2 heterocycles. The Balaban J connectivity index is 1.55. The van der Waals surface area contributed by atoms with E-state index in [0.717, 1.165) is 15.6 Å². The number of nitrogens with zero attached hydrogens (tertiary/aromatic N) is 1. The number of phenolic OH excluding ortho intramolecular Hbond substituents is 1. The summed E-state index contributed by atoms with van der Waals surface area (Å²) in [5.41, 5.74) is 2.87. The van der Waals surface area contributed by atoms with Crippen molar-refractivity contribution >= 4 is 46.7 Å². The zero-order chi connectivity index (χ0) is 21.3. The first kappa shape index (κ1) is 20.2. The quantitative estimate of drug-likeness (QED) is 0.464. The van der Waals surface area contributed by atoms with E-state index in [0.29, 0.717) is 21.9 Å². The average molecular weight is 440 g/mol. The molecule has 0 atom stereocenters. The third-order valence-electron chi connectivity index (χ3n) is 4.67. The van der Waals surface area contributed by atoms with Crippen LogP contribution in [0.2, 0.25) is 0 Å². The van der Waals surface area contributed by atoms with Gasteiger partial charge >= 0.3 is 10.2 Å². The number of hydrogen-bond acceptors (Lipinski definition) is 6. The van der Waals surface area contributed by atoms with Gasteiger partial charge in [-0.05, 0) is 30.7 Å². The summed E-state index contributed by atoms with van der Waals surface area (Å²) >= 11 is 2.74. The summed E-state index contributed by atoms with van der Waals surface area (Å²) < 4.78 is 7.48. The first-order valence-corrected chi connectivity index (χ1v) is 10.9. The van der Waals surface area contributed by atoms with Crippen LogP contribution in [0, 0.1) is 6.92 Å². The van der Waals surface area contributed by atoms with Crippen LogP contribution in [0.15, 0.2) is 57.1 Å². The lowest BCUT2D eigenvalue weighted by Crippen LogP contribution is -2.43. The van der Waals surface area contributed by atoms with Gasteiger partial charge in [-0.1, -0.05) is 41.7 Å². The van der Waals surface area contributed by atoms with Gasteiger partial charge in [0, 0.05) is 23.0 Å². The van der Waals surface area contributed by atoms with E-state index >= 15 is 0 Å². The van der Waals surface area contributed by atoms with E-state index in [2.05, 4.69) is 5.32 Å². The minimum Gasteiger partial charge on any atom is -0.504 e. The summed E-state index contributed by atoms with van der Waals surface area (Å²) in [5, 5.41) is 15.0. The van der Waals surface area contributed by atoms with Crippen molar-refractivity contribution in [3.05, 3.63) is 69.6 Å². The van der Waals surface area contributed by atoms with Crippen LogP contribution in [0.4, 0.5) is 5.69 Å². The number of aromatic nitrogens is 1. The molecule has 0 fully saturated rings. The monoisotopic (exact) mass is 439 g/mol. The summed E-state index contributed by atoms with van der Waals surface area (Å²) in [6, 6.07) is 12.7. The molecular weight excluding hydrogens is 420 g/mol. The highest BCUT2D eigenvalue weighted by Gasteiger charge is 2.41. The fraction of sp³-hybridized carbons (Fsp3) is 0.136. The minimum absolute atomic E-state index is 0.0148. The minimum atomic E-state index is -0.211. The number of rotatable bonds is 5. The molecule has 3 aromatic rings. The van der Waals surface area contributed by atoms with E-state index in [-0.39, 0.29) is 24.0 Å². The topological polar surface area (TPSA) is 79.5 Å². The molecule has 1 aromatic heterocycles. The van der Waals surface area contributed by atoms with Crippen LogP contribution < -0.4 is 14.6 Å². The normalized spacial score (nSPS) is 14.1. The summed E-state index contributed by atoms with van der Waals surface area (Å²) in [7, 11) is 1.48. The largest absolute Gasteiger partial charge is 0.504 e. The molecule has 1 aliphatic heterocycles. The van der Waals surface area contributed by atoms with Crippen molar-refractivity contribution in [2.24, 2.45) is 0 Å². The Labute approximate surface area is 181 Å². The van der Waals surface area contributed by atoms with Gasteiger partial charge in [-0.25, -0.2) is 4.79 Å². The third kappa shape index (κ3) is 3.83. The number of allylic oxidation sites excluding steroid dienone is 1. The highest BCUT2D eigenvalue weighted by Crippen LogP contribution is 2.38. The van der Waals surface area contributed by atoms with Crippen molar-refractivity contribution in [3.63, 3.8) is 0 Å². The second-order valence-corrected chi connectivity index (χ2v) is 8.83. The smallest absolute Gasteiger partial charge is 0.433 e. The second kappa shape index (κ2) is 8.33. The maximum absolute atomic E-state index is 13.0. The Morgan fingerprint density at radius 1 is 1.23 bits per heavy atom. The number of ether oxygens (including phenoxy) is 1. The number of carbonyl (C=O) groups excluding carboxylic acids is 2. The van der Waals surface area contributed by atoms with E-state index in [1.54, 1.807) is 28.8 Å². The van der Waals surface area contributed by atoms with E-state index in [4.69, 9.17) is 4.74 Å². The maximum Gasteiger partial charge on any atom is 0.433 e. The van der Waals surface area contributed by atoms with Crippen LogP contribution in [0.25, 0.3) is 6.08 Å². The molecule has 0 saturated carbocycles. The second-order valence-electron chi connectivity index (χ2n) is 6.68. The number of hydrogen-bond donors (Lipinski definition) is 2. The van der Waals surface area contributed by atoms with Crippen molar-refractivity contribution in [1.82, 2.24) is 0 Å². The number of anilines is 1. The molecule has 8 heteroatoms. The number of aromatic hydroxyl groups is 1. The fourth-order valence-electron chi connectivity index (χ4n) is 3.12. The number of methoxy groups -OCH3 is 1. The van der Waals surface area contributed by atoms with E-state index < -0.39 is 0 Å². The zero-order valence-electron chi connectivity index (χ0n) is 16.3. The van der Waals surface area contributed by atoms with Crippen molar-refractivity contribution < 1.29 is 24.0 Å². The lowest BCUT2D eigenvalue weighted by molar-refractivity contribution is -0.607. The summed E-state index contributed by atoms with van der Waals surface area (Å²) in [5.74, 6) is -0.0648. The Morgan fingerprint density at radius 2 is 2.03 bits per heavy atom. The van der Waals surface area contributed by atoms with Gasteiger partial charge in [0.1, 0.15) is 11.3 Å². The molecule has 4 rings (SSSR count). The number of thiazole rings is 1. The molecular formula is C22H19N2O4S2+. The number of thioether (sulfide) groups is 1. The predicted molar refractivity (Wildman–Crippen MR) is 117 cm³/mol. The van der Waals surface area contributed by atoms with Gasteiger partial charge in [0.25, 0.3) is 0 Å². The number of carbonyl (C=O) groups is 2. The number of fused-ring (bicyclic) bond motifs is 1. The number of para-hydroxylation sites is 2. The van der Waals surface area contributed by atoms with E-state index in [9.17, 15) is 14.7 Å². The lowest BCUT2D eigenvalue weighted by Gasteiger charge is -2.06. The SMILES string of the molecule is COc1cccc(C=C2Sc3scc(CC(=O)Nc4ccccc4C)[n+]3C2=O)c1O. The lowest BCUT2D eigenvalue weighted by atomic mass is 10.1. The van der Waals surface area contributed by atoms with Crippen LogP contribution in [0.3, 0.4) is 0 Å². The van der Waals surface area contributed by atoms with Crippen LogP contribution in [-0.4, -0.2) is 24.0 Å². The highest BCUT2D eigenvalue weighted by atomic mass is 32.2. The van der Waals surface area contributed by atoms with Gasteiger partial charge < -0.3 is 15.2 Å². The maximum atomic E-state index is 13.0. The number of amides is 1. The van der Waals surface area contributed by atoms with Crippen LogP contribution in [-0.2, 0) is 11.2 Å². The van der Waals surface area contributed by atoms with Gasteiger partial charge in [0.2, 0.25) is 11.6 Å². The Hall–Kier alpha value is -3.10. The van der Waals surface area contributed by atoms with Gasteiger partial charge in [0.15, 0.2) is 11.5 Å². The number of phenols is 1. The van der Waals surface area contributed by atoms with Gasteiger partial charge in [-0.2, -0.15) is 0 Å². The number of nitrogens with one attached hydrogen (secondary N) is 1. The molecule has 2 N–H and O–H groups in total. The van der Waals surface area contributed by atoms with Crippen LogP contribution >= 0.6 is 23.1 Å². The Morgan fingerprint density at radius 3 is 2.80 bits per heavy atom. The van der Waals surface area contributed by atoms with E-state index in [1.165, 1.54) is 30.2 Å². The molecule has 0 spiro atoms. The molecule has 6 nitrogen and oxygen atoms in total. The van der Waals surface area contributed by atoms with Crippen molar-refractivity contribution in [2.45, 2.75) is 17.7 Å². The number of aryl methyl sites for hydroxylation is 1. The van der Waals surface area contributed by atoms with E-state index in [1.807, 2.05) is 36.6 Å². The molecule has 0 aliphatic carbocycles. The standard InChI is InChI=1S/C22H18N2O4S2/c1-13-6-3-4-8-16(13)23-19(25)11-15-12-29-22-24(15)21(27)18(30-22)10-14-7-5-9-17(28-2)20(14)26/h3-10,12H,11H2,1-2H3,(H-,23,25,26,27)/p+1. The average Bonchev–Trinajstić information content (AvgIpc) is 3.25. The predicted octanol–water partition coefficient (Wildman–Crippen LogP) is 4.03. The van der Waals surface area contributed by atoms with Crippen molar-refractivity contribution in [3.8, 4) is 11.5 Å². The van der Waals surface area contributed by atoms with Gasteiger partial charge in [-0.3, -0.25) is 4.79 Å². The zero-order valence-corrected chi connectivity index (χ0v) is 18.0. The molecule has 2 aromatic carbocycles.